The molecule has 0 atom stereocenters. The third-order valence-electron chi connectivity index (χ3n) is 5.03. The maximum absolute atomic E-state index is 13.0. The average molecular weight is 489 g/mol. The van der Waals surface area contributed by atoms with Crippen molar-refractivity contribution in [3.63, 3.8) is 0 Å². The van der Waals surface area contributed by atoms with Crippen LogP contribution in [0, 0.1) is 6.92 Å². The number of rotatable bonds is 8. The minimum atomic E-state index is -3.67. The highest BCUT2D eigenvalue weighted by Crippen LogP contribution is 2.25. The molecule has 1 aromatic heterocycles. The molecule has 4 rings (SSSR count). The molecular weight excluding hydrogens is 464 g/mol. The van der Waals surface area contributed by atoms with Crippen molar-refractivity contribution in [1.29, 1.82) is 0 Å². The smallest absolute Gasteiger partial charge is 0.277 e. The molecule has 2 heterocycles. The van der Waals surface area contributed by atoms with Gasteiger partial charge in [0.05, 0.1) is 30.3 Å². The van der Waals surface area contributed by atoms with Crippen molar-refractivity contribution in [3.05, 3.63) is 65.5 Å². The van der Waals surface area contributed by atoms with Crippen LogP contribution in [0.25, 0.3) is 0 Å². The third-order valence-corrected chi connectivity index (χ3v) is 7.89. The van der Waals surface area contributed by atoms with Crippen molar-refractivity contribution in [2.24, 2.45) is 0 Å². The molecule has 0 bridgehead atoms. The van der Waals surface area contributed by atoms with E-state index in [1.165, 1.54) is 10.4 Å². The second-order valence-electron chi connectivity index (χ2n) is 7.46. The molecule has 174 valence electrons. The van der Waals surface area contributed by atoms with Gasteiger partial charge in [0, 0.05) is 18.8 Å². The summed E-state index contributed by atoms with van der Waals surface area (Å²) in [4.78, 5) is 12.6. The van der Waals surface area contributed by atoms with Gasteiger partial charge in [-0.1, -0.05) is 48.2 Å². The zero-order valence-corrected chi connectivity index (χ0v) is 19.7. The number of nitrogens with one attached hydrogen (secondary N) is 1. The van der Waals surface area contributed by atoms with E-state index in [1.54, 1.807) is 19.1 Å². The Balaban J connectivity index is 1.36. The molecule has 1 fully saturated rings. The van der Waals surface area contributed by atoms with Crippen molar-refractivity contribution >= 4 is 33.4 Å². The van der Waals surface area contributed by atoms with Gasteiger partial charge in [-0.2, -0.15) is 4.31 Å². The predicted octanol–water partition coefficient (Wildman–Crippen LogP) is 2.72. The molecule has 0 radical (unpaired) electrons. The Morgan fingerprint density at radius 3 is 2.64 bits per heavy atom. The largest absolute Gasteiger partial charge is 0.416 e. The van der Waals surface area contributed by atoms with Crippen molar-refractivity contribution < 1.29 is 22.4 Å². The number of morpholine rings is 1. The zero-order valence-electron chi connectivity index (χ0n) is 18.1. The van der Waals surface area contributed by atoms with Crippen LogP contribution in [0.5, 0.6) is 0 Å². The SMILES string of the molecule is Cc1ccc(NC(=O)CSc2nnc(Cc3ccccc3)o2)cc1S(=O)(=O)N1CCOCC1. The van der Waals surface area contributed by atoms with Crippen LogP contribution in [-0.2, 0) is 26.0 Å². The monoisotopic (exact) mass is 488 g/mol. The van der Waals surface area contributed by atoms with E-state index in [4.69, 9.17) is 9.15 Å². The topological polar surface area (TPSA) is 115 Å². The fourth-order valence-corrected chi connectivity index (χ4v) is 5.58. The van der Waals surface area contributed by atoms with Gasteiger partial charge in [-0.3, -0.25) is 4.79 Å². The molecule has 11 heteroatoms. The van der Waals surface area contributed by atoms with E-state index in [-0.39, 0.29) is 16.6 Å². The maximum atomic E-state index is 13.0. The van der Waals surface area contributed by atoms with E-state index in [1.807, 2.05) is 30.3 Å². The molecule has 0 spiro atoms. The van der Waals surface area contributed by atoms with E-state index < -0.39 is 10.0 Å². The van der Waals surface area contributed by atoms with Crippen LogP contribution in [-0.4, -0.2) is 60.9 Å². The van der Waals surface area contributed by atoms with Gasteiger partial charge in [-0.15, -0.1) is 10.2 Å². The summed E-state index contributed by atoms with van der Waals surface area (Å²) in [5.41, 5.74) is 2.08. The first-order valence-electron chi connectivity index (χ1n) is 10.4. The summed E-state index contributed by atoms with van der Waals surface area (Å²) in [5, 5.41) is 11.0. The zero-order chi connectivity index (χ0) is 23.3. The number of thioether (sulfide) groups is 1. The van der Waals surface area contributed by atoms with Crippen LogP contribution < -0.4 is 5.32 Å². The maximum Gasteiger partial charge on any atom is 0.277 e. The van der Waals surface area contributed by atoms with Gasteiger partial charge in [-0.05, 0) is 30.2 Å². The number of carbonyl (C=O) groups excluding carboxylic acids is 1. The van der Waals surface area contributed by atoms with Crippen molar-refractivity contribution in [2.75, 3.05) is 37.4 Å². The molecule has 0 aliphatic carbocycles. The van der Waals surface area contributed by atoms with Crippen LogP contribution in [0.1, 0.15) is 17.0 Å². The quantitative estimate of drug-likeness (QED) is 0.482. The predicted molar refractivity (Wildman–Crippen MR) is 124 cm³/mol. The van der Waals surface area contributed by atoms with Crippen molar-refractivity contribution in [2.45, 2.75) is 23.5 Å². The lowest BCUT2D eigenvalue weighted by atomic mass is 10.2. The number of carbonyl (C=O) groups is 1. The summed E-state index contributed by atoms with van der Waals surface area (Å²) in [7, 11) is -3.67. The lowest BCUT2D eigenvalue weighted by molar-refractivity contribution is -0.113. The fraction of sp³-hybridized carbons (Fsp3) is 0.318. The first kappa shape index (κ1) is 23.4. The average Bonchev–Trinajstić information content (AvgIpc) is 3.27. The number of aryl methyl sites for hydroxylation is 1. The summed E-state index contributed by atoms with van der Waals surface area (Å²) in [6.07, 6.45) is 0.518. The number of anilines is 1. The molecule has 1 N–H and O–H groups in total. The fourth-order valence-electron chi connectivity index (χ4n) is 3.34. The van der Waals surface area contributed by atoms with Crippen LogP contribution in [0.15, 0.2) is 63.1 Å². The van der Waals surface area contributed by atoms with Crippen LogP contribution >= 0.6 is 11.8 Å². The Labute approximate surface area is 196 Å². The van der Waals surface area contributed by atoms with E-state index >= 15 is 0 Å². The number of ether oxygens (including phenoxy) is 1. The van der Waals surface area contributed by atoms with Crippen LogP contribution in [0.3, 0.4) is 0 Å². The lowest BCUT2D eigenvalue weighted by Gasteiger charge is -2.26. The first-order valence-corrected chi connectivity index (χ1v) is 12.8. The van der Waals surface area contributed by atoms with Gasteiger partial charge in [-0.25, -0.2) is 8.42 Å². The number of hydrogen-bond donors (Lipinski definition) is 1. The standard InChI is InChI=1S/C22H24N4O5S2/c1-16-7-8-18(14-19(16)33(28,29)26-9-11-30-12-10-26)23-20(27)15-32-22-25-24-21(31-22)13-17-5-3-2-4-6-17/h2-8,14H,9-13,15H2,1H3,(H,23,27). The molecule has 3 aromatic rings. The molecule has 1 saturated heterocycles. The summed E-state index contributed by atoms with van der Waals surface area (Å²) >= 11 is 1.12. The van der Waals surface area contributed by atoms with E-state index in [2.05, 4.69) is 15.5 Å². The number of nitrogens with zero attached hydrogens (tertiary/aromatic N) is 3. The normalized spacial score (nSPS) is 14.8. The Morgan fingerprint density at radius 2 is 1.88 bits per heavy atom. The molecule has 33 heavy (non-hydrogen) atoms. The minimum absolute atomic E-state index is 0.0480. The molecule has 0 unspecified atom stereocenters. The summed E-state index contributed by atoms with van der Waals surface area (Å²) in [6.45, 7) is 3.09. The molecule has 1 aliphatic rings. The lowest BCUT2D eigenvalue weighted by Crippen LogP contribution is -2.40. The number of benzene rings is 2. The number of sulfonamides is 1. The summed E-state index contributed by atoms with van der Waals surface area (Å²) in [6, 6.07) is 14.6. The molecule has 1 amide bonds. The van der Waals surface area contributed by atoms with Crippen molar-refractivity contribution in [1.82, 2.24) is 14.5 Å². The highest BCUT2D eigenvalue weighted by Gasteiger charge is 2.28. The van der Waals surface area contributed by atoms with Crippen LogP contribution in [0.4, 0.5) is 5.69 Å². The van der Waals surface area contributed by atoms with Crippen molar-refractivity contribution in [3.8, 4) is 0 Å². The van der Waals surface area contributed by atoms with E-state index in [9.17, 15) is 13.2 Å². The Hall–Kier alpha value is -2.73. The van der Waals surface area contributed by atoms with Gasteiger partial charge in [0.1, 0.15) is 0 Å². The number of aromatic nitrogens is 2. The Morgan fingerprint density at radius 1 is 1.12 bits per heavy atom. The highest BCUT2D eigenvalue weighted by molar-refractivity contribution is 7.99. The first-order chi connectivity index (χ1) is 15.9. The van der Waals surface area contributed by atoms with Crippen LogP contribution in [0.2, 0.25) is 0 Å². The second-order valence-corrected chi connectivity index (χ2v) is 10.3. The molecular formula is C22H24N4O5S2. The minimum Gasteiger partial charge on any atom is -0.416 e. The molecule has 1 aliphatic heterocycles. The summed E-state index contributed by atoms with van der Waals surface area (Å²) in [5.74, 6) is 0.217. The van der Waals surface area contributed by atoms with E-state index in [0.29, 0.717) is 55.1 Å². The van der Waals surface area contributed by atoms with Gasteiger partial charge >= 0.3 is 0 Å². The van der Waals surface area contributed by atoms with Gasteiger partial charge in [0.25, 0.3) is 5.22 Å². The molecule has 2 aromatic carbocycles. The van der Waals surface area contributed by atoms with Gasteiger partial charge in [0.15, 0.2) is 0 Å². The second kappa shape index (κ2) is 10.5. The molecule has 9 nitrogen and oxygen atoms in total. The summed E-state index contributed by atoms with van der Waals surface area (Å²) < 4.78 is 38.3. The highest BCUT2D eigenvalue weighted by atomic mass is 32.2. The van der Waals surface area contributed by atoms with Gasteiger partial charge < -0.3 is 14.5 Å². The number of amides is 1. The van der Waals surface area contributed by atoms with E-state index in [0.717, 1.165) is 17.3 Å². The number of hydrogen-bond acceptors (Lipinski definition) is 8. The van der Waals surface area contributed by atoms with Gasteiger partial charge in [0.2, 0.25) is 21.8 Å². The Bertz CT molecular complexity index is 1210. The molecule has 0 saturated carbocycles. The third kappa shape index (κ3) is 5.99. The Kier molecular flexibility index (Phi) is 7.43.